The number of hydrogen-bond donors (Lipinski definition) is 3. The van der Waals surface area contributed by atoms with E-state index in [-0.39, 0.29) is 19.4 Å². The molecule has 0 bridgehead atoms. The van der Waals surface area contributed by atoms with Gasteiger partial charge in [-0.25, -0.2) is 4.57 Å². The van der Waals surface area contributed by atoms with Crippen LogP contribution in [0.2, 0.25) is 0 Å². The van der Waals surface area contributed by atoms with Crippen LogP contribution in [-0.4, -0.2) is 59.9 Å². The Morgan fingerprint density at radius 3 is 2.14 bits per heavy atom. The van der Waals surface area contributed by atoms with Crippen LogP contribution in [0, 0.1) is 0 Å². The molecule has 3 atom stereocenters. The molecule has 0 radical (unpaired) electrons. The van der Waals surface area contributed by atoms with E-state index >= 15 is 0 Å². The van der Waals surface area contributed by atoms with Crippen molar-refractivity contribution < 1.29 is 47.5 Å². The summed E-state index contributed by atoms with van der Waals surface area (Å²) in [7, 11) is -4.67. The summed E-state index contributed by atoms with van der Waals surface area (Å²) in [5.41, 5.74) is 5.22. The minimum Gasteiger partial charge on any atom is -0.480 e. The first-order valence-electron chi connectivity index (χ1n) is 12.2. The van der Waals surface area contributed by atoms with Crippen LogP contribution in [0.4, 0.5) is 0 Å². The van der Waals surface area contributed by atoms with Crippen molar-refractivity contribution in [3.8, 4) is 0 Å². The summed E-state index contributed by atoms with van der Waals surface area (Å²) in [4.78, 5) is 44.2. The molecule has 12 heteroatoms. The van der Waals surface area contributed by atoms with E-state index in [0.29, 0.717) is 12.8 Å². The third-order valence-corrected chi connectivity index (χ3v) is 5.66. The van der Waals surface area contributed by atoms with E-state index in [9.17, 15) is 23.8 Å². The number of aliphatic carboxylic acids is 1. The molecule has 0 fully saturated rings. The Labute approximate surface area is 207 Å². The Balaban J connectivity index is 4.46. The van der Waals surface area contributed by atoms with Crippen molar-refractivity contribution in [3.05, 3.63) is 12.2 Å². The number of hydrogen-bond acceptors (Lipinski definition) is 9. The smallest absolute Gasteiger partial charge is 0.472 e. The van der Waals surface area contributed by atoms with Gasteiger partial charge in [-0.2, -0.15) is 0 Å². The maximum absolute atomic E-state index is 12.2. The molecule has 0 amide bonds. The second-order valence-corrected chi connectivity index (χ2v) is 9.57. The zero-order valence-electron chi connectivity index (χ0n) is 20.9. The molecular formula is C23H42NO10P. The van der Waals surface area contributed by atoms with Crippen molar-refractivity contribution in [2.75, 3.05) is 19.8 Å². The number of ether oxygens (including phenoxy) is 2. The molecular weight excluding hydrogens is 481 g/mol. The molecule has 0 aliphatic carbocycles. The van der Waals surface area contributed by atoms with Crippen molar-refractivity contribution in [2.24, 2.45) is 5.73 Å². The van der Waals surface area contributed by atoms with Crippen molar-refractivity contribution >= 4 is 25.7 Å². The van der Waals surface area contributed by atoms with Gasteiger partial charge in [0.1, 0.15) is 12.6 Å². The van der Waals surface area contributed by atoms with E-state index in [2.05, 4.69) is 23.6 Å². The molecule has 0 aliphatic rings. The predicted octanol–water partition coefficient (Wildman–Crippen LogP) is 3.87. The Hall–Kier alpha value is -1.78. The third kappa shape index (κ3) is 20.1. The number of allylic oxidation sites excluding steroid dienone is 2. The maximum atomic E-state index is 12.2. The van der Waals surface area contributed by atoms with E-state index in [1.807, 2.05) is 0 Å². The SMILES string of the molecule is CCC/C=C\CCCCCCCC(=O)OC(COC(=O)CCC)COP(=O)(O)OCC(N)C(=O)O. The molecule has 0 aromatic heterocycles. The molecule has 0 aliphatic heterocycles. The largest absolute Gasteiger partial charge is 0.480 e. The van der Waals surface area contributed by atoms with Crippen LogP contribution in [0.1, 0.15) is 84.5 Å². The number of carboxylic acids is 1. The van der Waals surface area contributed by atoms with Crippen LogP contribution in [0.15, 0.2) is 12.2 Å². The zero-order chi connectivity index (χ0) is 26.5. The fourth-order valence-electron chi connectivity index (χ4n) is 2.75. The minimum absolute atomic E-state index is 0.149. The highest BCUT2D eigenvalue weighted by molar-refractivity contribution is 7.47. The van der Waals surface area contributed by atoms with Crippen LogP contribution >= 0.6 is 7.82 Å². The van der Waals surface area contributed by atoms with Crippen molar-refractivity contribution in [2.45, 2.75) is 96.6 Å². The average molecular weight is 524 g/mol. The van der Waals surface area contributed by atoms with Crippen molar-refractivity contribution in [3.63, 3.8) is 0 Å². The number of phosphoric acid groups is 1. The molecule has 0 heterocycles. The Morgan fingerprint density at radius 1 is 0.857 bits per heavy atom. The number of esters is 2. The Morgan fingerprint density at radius 2 is 1.49 bits per heavy atom. The van der Waals surface area contributed by atoms with Gasteiger partial charge in [0.05, 0.1) is 13.2 Å². The number of rotatable bonds is 22. The number of carbonyl (C=O) groups excluding carboxylic acids is 2. The molecule has 0 saturated heterocycles. The normalized spacial score (nSPS) is 14.9. The monoisotopic (exact) mass is 523 g/mol. The van der Waals surface area contributed by atoms with Crippen molar-refractivity contribution in [1.82, 2.24) is 0 Å². The summed E-state index contributed by atoms with van der Waals surface area (Å²) in [5.74, 6) is -2.47. The highest BCUT2D eigenvalue weighted by Crippen LogP contribution is 2.43. The number of nitrogens with two attached hydrogens (primary N) is 1. The molecule has 3 unspecified atom stereocenters. The number of carbonyl (C=O) groups is 3. The summed E-state index contributed by atoms with van der Waals surface area (Å²) in [6.45, 7) is 2.24. The molecule has 0 aromatic rings. The first-order chi connectivity index (χ1) is 16.6. The molecule has 35 heavy (non-hydrogen) atoms. The number of carboxylic acid groups (broad SMARTS) is 1. The summed E-state index contributed by atoms with van der Waals surface area (Å²) in [5, 5.41) is 8.71. The topological polar surface area (TPSA) is 172 Å². The van der Waals surface area contributed by atoms with Gasteiger partial charge in [-0.3, -0.25) is 23.4 Å². The van der Waals surface area contributed by atoms with Crippen LogP contribution in [0.3, 0.4) is 0 Å². The lowest BCUT2D eigenvalue weighted by molar-refractivity contribution is -0.161. The standard InChI is InChI=1S/C23H42NO10P/c1-3-5-6-7-8-9-10-11-12-13-15-22(26)34-19(16-31-21(25)14-4-2)17-32-35(29,30)33-18-20(24)23(27)28/h6-7,19-20H,3-5,8-18,24H2,1-2H3,(H,27,28)(H,29,30)/b7-6-. The summed E-state index contributed by atoms with van der Waals surface area (Å²) in [6, 6.07) is -1.51. The third-order valence-electron chi connectivity index (χ3n) is 4.71. The molecule has 204 valence electrons. The quantitative estimate of drug-likeness (QED) is 0.0814. The number of unbranched alkanes of at least 4 members (excludes halogenated alkanes) is 6. The van der Waals surface area contributed by atoms with Crippen LogP contribution < -0.4 is 5.73 Å². The first kappa shape index (κ1) is 33.2. The zero-order valence-corrected chi connectivity index (χ0v) is 21.8. The second kappa shape index (κ2) is 20.4. The van der Waals surface area contributed by atoms with Gasteiger partial charge in [0.2, 0.25) is 0 Å². The lowest BCUT2D eigenvalue weighted by Gasteiger charge is -2.20. The van der Waals surface area contributed by atoms with E-state index in [1.54, 1.807) is 6.92 Å². The summed E-state index contributed by atoms with van der Waals surface area (Å²) < 4.78 is 31.6. The fraction of sp³-hybridized carbons (Fsp3) is 0.783. The number of phosphoric ester groups is 1. The molecule has 0 saturated carbocycles. The second-order valence-electron chi connectivity index (χ2n) is 8.12. The van der Waals surface area contributed by atoms with Gasteiger partial charge in [0, 0.05) is 12.8 Å². The fourth-order valence-corrected chi connectivity index (χ4v) is 3.53. The predicted molar refractivity (Wildman–Crippen MR) is 129 cm³/mol. The molecule has 11 nitrogen and oxygen atoms in total. The highest BCUT2D eigenvalue weighted by atomic mass is 31.2. The van der Waals surface area contributed by atoms with Gasteiger partial charge in [0.15, 0.2) is 6.10 Å². The van der Waals surface area contributed by atoms with Crippen LogP contribution in [-0.2, 0) is 37.5 Å². The van der Waals surface area contributed by atoms with Gasteiger partial charge in [-0.15, -0.1) is 0 Å². The van der Waals surface area contributed by atoms with Gasteiger partial charge in [0.25, 0.3) is 0 Å². The Bertz CT molecular complexity index is 685. The van der Waals surface area contributed by atoms with Crippen LogP contribution in [0.25, 0.3) is 0 Å². The van der Waals surface area contributed by atoms with Crippen LogP contribution in [0.5, 0.6) is 0 Å². The van der Waals surface area contributed by atoms with Gasteiger partial charge < -0.3 is 25.2 Å². The average Bonchev–Trinajstić information content (AvgIpc) is 2.80. The lowest BCUT2D eigenvalue weighted by atomic mass is 10.1. The van der Waals surface area contributed by atoms with E-state index < -0.39 is 51.1 Å². The van der Waals surface area contributed by atoms with Gasteiger partial charge in [-0.05, 0) is 32.1 Å². The van der Waals surface area contributed by atoms with Gasteiger partial charge >= 0.3 is 25.7 Å². The molecule has 0 rings (SSSR count). The minimum atomic E-state index is -4.67. The van der Waals surface area contributed by atoms with Gasteiger partial charge in [-0.1, -0.05) is 51.7 Å². The lowest BCUT2D eigenvalue weighted by Crippen LogP contribution is -2.34. The molecule has 4 N–H and O–H groups in total. The first-order valence-corrected chi connectivity index (χ1v) is 13.7. The maximum Gasteiger partial charge on any atom is 0.472 e. The highest BCUT2D eigenvalue weighted by Gasteiger charge is 2.28. The van der Waals surface area contributed by atoms with E-state index in [1.165, 1.54) is 0 Å². The van der Waals surface area contributed by atoms with E-state index in [4.69, 9.17) is 24.8 Å². The Kier molecular flexibility index (Phi) is 19.4. The summed E-state index contributed by atoms with van der Waals surface area (Å²) >= 11 is 0. The molecule has 0 aromatic carbocycles. The van der Waals surface area contributed by atoms with E-state index in [0.717, 1.165) is 44.9 Å². The van der Waals surface area contributed by atoms with Crippen molar-refractivity contribution in [1.29, 1.82) is 0 Å². The molecule has 0 spiro atoms. The summed E-state index contributed by atoms with van der Waals surface area (Å²) in [6.07, 6.45) is 12.1.